The van der Waals surface area contributed by atoms with Crippen molar-refractivity contribution in [2.75, 3.05) is 47.9 Å². The molecule has 10 heteroatoms. The first-order valence-electron chi connectivity index (χ1n) is 11.4. The number of ether oxygens (including phenoxy) is 1. The Labute approximate surface area is 206 Å². The number of carbonyl (C=O) groups is 1. The minimum absolute atomic E-state index is 0.0886. The number of benzene rings is 1. The van der Waals surface area contributed by atoms with Crippen molar-refractivity contribution in [1.29, 1.82) is 0 Å². The molecule has 1 aliphatic rings. The molecular weight excluding hydrogens is 466 g/mol. The minimum Gasteiger partial charge on any atom is -0.490 e. The molecule has 2 aromatic heterocycles. The van der Waals surface area contributed by atoms with Crippen molar-refractivity contribution in [3.63, 3.8) is 0 Å². The molecule has 4 rings (SSSR count). The summed E-state index contributed by atoms with van der Waals surface area (Å²) in [6.07, 6.45) is 3.88. The van der Waals surface area contributed by atoms with Crippen LogP contribution in [0.5, 0.6) is 5.75 Å². The predicted molar refractivity (Wildman–Crippen MR) is 135 cm³/mol. The Bertz CT molecular complexity index is 1300. The Hall–Kier alpha value is -3.05. The van der Waals surface area contributed by atoms with Crippen molar-refractivity contribution in [2.45, 2.75) is 13.0 Å². The van der Waals surface area contributed by atoms with Gasteiger partial charge in [-0.1, -0.05) is 30.3 Å². The molecule has 9 nitrogen and oxygen atoms in total. The molecule has 35 heavy (non-hydrogen) atoms. The molecule has 3 heterocycles. The molecule has 0 spiro atoms. The highest BCUT2D eigenvalue weighted by Crippen LogP contribution is 2.37. The molecule has 1 N–H and O–H groups in total. The summed E-state index contributed by atoms with van der Waals surface area (Å²) >= 11 is 0. The lowest BCUT2D eigenvalue weighted by Crippen LogP contribution is -2.45. The predicted octanol–water partition coefficient (Wildman–Crippen LogP) is 2.41. The number of hydrogen-bond acceptors (Lipinski definition) is 6. The molecule has 0 amide bonds. The lowest BCUT2D eigenvalue weighted by molar-refractivity contribution is 0.0946. The van der Waals surface area contributed by atoms with Crippen molar-refractivity contribution in [1.82, 2.24) is 23.5 Å². The van der Waals surface area contributed by atoms with Crippen LogP contribution in [0.4, 0.5) is 0 Å². The first-order valence-corrected chi connectivity index (χ1v) is 12.8. The van der Waals surface area contributed by atoms with Crippen LogP contribution >= 0.6 is 0 Å². The van der Waals surface area contributed by atoms with Crippen LogP contribution in [0, 0.1) is 0 Å². The third-order valence-corrected chi connectivity index (χ3v) is 7.81. The van der Waals surface area contributed by atoms with E-state index >= 15 is 0 Å². The maximum Gasteiger partial charge on any atom is 0.282 e. The fraction of sp³-hybridized carbons (Fsp3) is 0.360. The van der Waals surface area contributed by atoms with Crippen LogP contribution < -0.4 is 4.74 Å². The topological polar surface area (TPSA) is 98.8 Å². The number of hydrogen-bond donors (Lipinski definition) is 1. The monoisotopic (exact) mass is 497 g/mol. The fourth-order valence-electron chi connectivity index (χ4n) is 4.16. The highest BCUT2D eigenvalue weighted by molar-refractivity contribution is 7.86. The van der Waals surface area contributed by atoms with E-state index in [1.165, 1.54) is 18.4 Å². The highest BCUT2D eigenvalue weighted by Gasteiger charge is 2.36. The molecule has 0 saturated carbocycles. The van der Waals surface area contributed by atoms with Gasteiger partial charge in [-0.05, 0) is 31.3 Å². The SMILES string of the molecule is CN(C)CCOc1cnccc1-c1[nH]c2c(c1Cc1ccccc1)C(=O)CN(S(=O)(=O)N(C)C)C2. The molecule has 0 radical (unpaired) electrons. The van der Waals surface area contributed by atoms with Gasteiger partial charge < -0.3 is 14.6 Å². The maximum absolute atomic E-state index is 13.4. The van der Waals surface area contributed by atoms with Crippen LogP contribution in [0.3, 0.4) is 0 Å². The second kappa shape index (κ2) is 10.3. The first kappa shape index (κ1) is 25.1. The Morgan fingerprint density at radius 1 is 1.09 bits per heavy atom. The smallest absolute Gasteiger partial charge is 0.282 e. The number of pyridine rings is 1. The number of nitrogens with zero attached hydrogens (tertiary/aromatic N) is 4. The number of likely N-dealkylation sites (N-methyl/N-ethyl adjacent to an activating group) is 1. The number of fused-ring (bicyclic) bond motifs is 1. The van der Waals surface area contributed by atoms with Crippen LogP contribution in [-0.2, 0) is 23.2 Å². The average Bonchev–Trinajstić information content (AvgIpc) is 3.18. The number of aromatic amines is 1. The summed E-state index contributed by atoms with van der Waals surface area (Å²) in [6.45, 7) is 1.11. The van der Waals surface area contributed by atoms with Crippen LogP contribution in [0.1, 0.15) is 27.2 Å². The minimum atomic E-state index is -3.74. The molecule has 0 fully saturated rings. The molecule has 186 valence electrons. The quantitative estimate of drug-likeness (QED) is 0.488. The van der Waals surface area contributed by atoms with Gasteiger partial charge in [0.1, 0.15) is 12.4 Å². The summed E-state index contributed by atoms with van der Waals surface area (Å²) in [5, 5.41) is 0. The summed E-state index contributed by atoms with van der Waals surface area (Å²) in [7, 11) is 3.13. The molecular formula is C25H31N5O4S. The van der Waals surface area contributed by atoms with Crippen LogP contribution in [0.15, 0.2) is 48.8 Å². The van der Waals surface area contributed by atoms with Gasteiger partial charge in [0.15, 0.2) is 5.78 Å². The summed E-state index contributed by atoms with van der Waals surface area (Å²) in [4.78, 5) is 23.0. The van der Waals surface area contributed by atoms with Gasteiger partial charge in [-0.3, -0.25) is 9.78 Å². The van der Waals surface area contributed by atoms with Crippen molar-refractivity contribution >= 4 is 16.0 Å². The van der Waals surface area contributed by atoms with E-state index < -0.39 is 10.2 Å². The van der Waals surface area contributed by atoms with Crippen molar-refractivity contribution in [3.8, 4) is 17.0 Å². The highest BCUT2D eigenvalue weighted by atomic mass is 32.2. The molecule has 1 aliphatic heterocycles. The normalized spacial score (nSPS) is 14.5. The van der Waals surface area contributed by atoms with E-state index in [1.54, 1.807) is 12.4 Å². The van der Waals surface area contributed by atoms with E-state index in [1.807, 2.05) is 55.4 Å². The van der Waals surface area contributed by atoms with Gasteiger partial charge in [0.05, 0.1) is 25.0 Å². The van der Waals surface area contributed by atoms with Gasteiger partial charge in [-0.2, -0.15) is 17.0 Å². The molecule has 0 aliphatic carbocycles. The zero-order valence-corrected chi connectivity index (χ0v) is 21.3. The number of Topliss-reactive ketones (excluding diaryl/α,β-unsaturated/α-hetero) is 1. The zero-order valence-electron chi connectivity index (χ0n) is 20.5. The number of rotatable bonds is 9. The average molecular weight is 498 g/mol. The number of ketones is 1. The van der Waals surface area contributed by atoms with Crippen LogP contribution in [0.25, 0.3) is 11.3 Å². The van der Waals surface area contributed by atoms with E-state index in [0.717, 1.165) is 33.2 Å². The van der Waals surface area contributed by atoms with E-state index in [-0.39, 0.29) is 18.9 Å². The molecule has 0 atom stereocenters. The number of nitrogens with one attached hydrogen (secondary N) is 1. The van der Waals surface area contributed by atoms with Crippen LogP contribution in [-0.4, -0.2) is 85.6 Å². The second-order valence-electron chi connectivity index (χ2n) is 9.00. The van der Waals surface area contributed by atoms with Gasteiger partial charge in [-0.15, -0.1) is 0 Å². The van der Waals surface area contributed by atoms with E-state index in [0.29, 0.717) is 30.0 Å². The van der Waals surface area contributed by atoms with Gasteiger partial charge in [0.25, 0.3) is 10.2 Å². The molecule has 3 aromatic rings. The van der Waals surface area contributed by atoms with Crippen molar-refractivity contribution in [2.24, 2.45) is 0 Å². The van der Waals surface area contributed by atoms with Gasteiger partial charge in [0, 0.05) is 50.1 Å². The Balaban J connectivity index is 1.81. The summed E-state index contributed by atoms with van der Waals surface area (Å²) in [6, 6.07) is 11.8. The Morgan fingerprint density at radius 2 is 1.83 bits per heavy atom. The number of H-pyrrole nitrogens is 1. The van der Waals surface area contributed by atoms with Crippen molar-refractivity contribution < 1.29 is 17.9 Å². The van der Waals surface area contributed by atoms with Gasteiger partial charge in [-0.25, -0.2) is 0 Å². The number of aromatic nitrogens is 2. The third-order valence-electron chi connectivity index (χ3n) is 5.98. The Kier molecular flexibility index (Phi) is 7.36. The van der Waals surface area contributed by atoms with E-state index in [9.17, 15) is 13.2 Å². The van der Waals surface area contributed by atoms with Crippen molar-refractivity contribution in [3.05, 3.63) is 71.2 Å². The zero-order chi connectivity index (χ0) is 25.2. The lowest BCUT2D eigenvalue weighted by atomic mass is 9.94. The Morgan fingerprint density at radius 3 is 2.51 bits per heavy atom. The fourth-order valence-corrected chi connectivity index (χ4v) is 5.20. The third kappa shape index (κ3) is 5.30. The molecule has 0 unspecified atom stereocenters. The van der Waals surface area contributed by atoms with Gasteiger partial charge >= 0.3 is 0 Å². The van der Waals surface area contributed by atoms with Crippen LogP contribution in [0.2, 0.25) is 0 Å². The maximum atomic E-state index is 13.4. The molecule has 0 bridgehead atoms. The summed E-state index contributed by atoms with van der Waals surface area (Å²) in [5.74, 6) is 0.377. The molecule has 0 saturated heterocycles. The van der Waals surface area contributed by atoms with Gasteiger partial charge in [0.2, 0.25) is 0 Å². The lowest BCUT2D eigenvalue weighted by Gasteiger charge is -2.28. The standard InChI is InChI=1S/C25H31N5O4S/c1-28(2)12-13-34-23-15-26-11-10-19(23)25-20(14-18-8-6-5-7-9-18)24-21(27-25)16-30(17-22(24)31)35(32,33)29(3)4/h5-11,15,27H,12-14,16-17H2,1-4H3. The summed E-state index contributed by atoms with van der Waals surface area (Å²) in [5.41, 5.74) is 4.57. The number of carbonyl (C=O) groups excluding carboxylic acids is 1. The summed E-state index contributed by atoms with van der Waals surface area (Å²) < 4.78 is 33.9. The first-order chi connectivity index (χ1) is 16.7. The van der Waals surface area contributed by atoms with E-state index in [4.69, 9.17) is 4.74 Å². The largest absolute Gasteiger partial charge is 0.490 e. The van der Waals surface area contributed by atoms with E-state index in [2.05, 4.69) is 9.97 Å². The molecule has 1 aromatic carbocycles. The second-order valence-corrected chi connectivity index (χ2v) is 11.1.